The summed E-state index contributed by atoms with van der Waals surface area (Å²) >= 11 is 0. The Morgan fingerprint density at radius 1 is 1.60 bits per heavy atom. The third-order valence-electron chi connectivity index (χ3n) is 1.12. The summed E-state index contributed by atoms with van der Waals surface area (Å²) < 4.78 is 0. The van der Waals surface area contributed by atoms with E-state index in [0.717, 1.165) is 18.8 Å². The quantitative estimate of drug-likeness (QED) is 0.467. The van der Waals surface area contributed by atoms with Crippen LogP contribution in [0.1, 0.15) is 20.3 Å². The minimum absolute atomic E-state index is 0.962. The third kappa shape index (κ3) is 4.13. The number of amidine groups is 1. The van der Waals surface area contributed by atoms with Gasteiger partial charge < -0.3 is 5.32 Å². The Kier molecular flexibility index (Phi) is 5.83. The first-order valence-corrected chi connectivity index (χ1v) is 3.68. The van der Waals surface area contributed by atoms with E-state index in [2.05, 4.69) is 17.2 Å². The lowest BCUT2D eigenvalue weighted by Crippen LogP contribution is -2.21. The molecule has 0 aromatic rings. The van der Waals surface area contributed by atoms with E-state index in [0.29, 0.717) is 0 Å². The summed E-state index contributed by atoms with van der Waals surface area (Å²) in [6, 6.07) is 0. The molecule has 0 spiro atoms. The van der Waals surface area contributed by atoms with Gasteiger partial charge in [-0.05, 0) is 19.4 Å². The average molecular weight is 140 g/mol. The van der Waals surface area contributed by atoms with Crippen molar-refractivity contribution >= 4 is 5.84 Å². The molecule has 0 bridgehead atoms. The van der Waals surface area contributed by atoms with Gasteiger partial charge >= 0.3 is 0 Å². The molecular weight excluding hydrogens is 124 g/mol. The van der Waals surface area contributed by atoms with Crippen LogP contribution in [-0.2, 0) is 0 Å². The number of nitrogens with one attached hydrogen (secondary N) is 1. The molecule has 58 valence electrons. The largest absolute Gasteiger partial charge is 0.370 e. The van der Waals surface area contributed by atoms with E-state index in [-0.39, 0.29) is 0 Å². The molecule has 2 heteroatoms. The summed E-state index contributed by atoms with van der Waals surface area (Å²) in [5, 5.41) is 3.18. The molecule has 0 heterocycles. The molecule has 0 aromatic heterocycles. The molecular formula is C8H16N2. The van der Waals surface area contributed by atoms with Gasteiger partial charge in [0.15, 0.2) is 0 Å². The fourth-order valence-corrected chi connectivity index (χ4v) is 0.623. The van der Waals surface area contributed by atoms with Gasteiger partial charge in [0.05, 0.1) is 0 Å². The minimum Gasteiger partial charge on any atom is -0.370 e. The second-order valence-corrected chi connectivity index (χ2v) is 2.04. The Morgan fingerprint density at radius 2 is 2.30 bits per heavy atom. The number of allylic oxidation sites excluding steroid dienone is 1. The van der Waals surface area contributed by atoms with E-state index in [9.17, 15) is 0 Å². The highest BCUT2D eigenvalue weighted by atomic mass is 15.0. The van der Waals surface area contributed by atoms with Crippen molar-refractivity contribution in [2.24, 2.45) is 4.99 Å². The van der Waals surface area contributed by atoms with Crippen LogP contribution in [0.2, 0.25) is 0 Å². The van der Waals surface area contributed by atoms with Crippen molar-refractivity contribution in [1.29, 1.82) is 0 Å². The van der Waals surface area contributed by atoms with Crippen LogP contribution < -0.4 is 5.32 Å². The van der Waals surface area contributed by atoms with Crippen LogP contribution in [0.4, 0.5) is 0 Å². The van der Waals surface area contributed by atoms with Gasteiger partial charge in [0.2, 0.25) is 0 Å². The molecule has 0 unspecified atom stereocenters. The van der Waals surface area contributed by atoms with E-state index in [1.807, 2.05) is 19.1 Å². The zero-order chi connectivity index (χ0) is 7.82. The number of nitrogens with zero attached hydrogens (tertiary/aromatic N) is 1. The second kappa shape index (κ2) is 6.33. The first kappa shape index (κ1) is 9.21. The summed E-state index contributed by atoms with van der Waals surface area (Å²) in [7, 11) is 1.79. The first-order chi connectivity index (χ1) is 4.85. The second-order valence-electron chi connectivity index (χ2n) is 2.04. The highest BCUT2D eigenvalue weighted by molar-refractivity contribution is 5.92. The lowest BCUT2D eigenvalue weighted by molar-refractivity contribution is 0.840. The molecule has 0 rings (SSSR count). The van der Waals surface area contributed by atoms with E-state index in [4.69, 9.17) is 0 Å². The number of rotatable bonds is 3. The molecule has 1 N–H and O–H groups in total. The highest BCUT2D eigenvalue weighted by Crippen LogP contribution is 1.78. The lowest BCUT2D eigenvalue weighted by atomic mass is 10.4. The molecule has 10 heavy (non-hydrogen) atoms. The molecule has 0 aliphatic rings. The maximum absolute atomic E-state index is 4.03. The molecule has 0 radical (unpaired) electrons. The fraction of sp³-hybridized carbons (Fsp3) is 0.625. The molecule has 0 aliphatic carbocycles. The Bertz CT molecular complexity index is 125. The van der Waals surface area contributed by atoms with Crippen molar-refractivity contribution in [2.45, 2.75) is 20.3 Å². The third-order valence-corrected chi connectivity index (χ3v) is 1.12. The van der Waals surface area contributed by atoms with Crippen molar-refractivity contribution < 1.29 is 0 Å². The lowest BCUT2D eigenvalue weighted by Gasteiger charge is -2.01. The van der Waals surface area contributed by atoms with Gasteiger partial charge in [-0.1, -0.05) is 13.0 Å². The minimum atomic E-state index is 0.962. The Morgan fingerprint density at radius 3 is 2.70 bits per heavy atom. The zero-order valence-electron chi connectivity index (χ0n) is 7.02. The van der Waals surface area contributed by atoms with Gasteiger partial charge in [0.1, 0.15) is 5.84 Å². The Labute approximate surface area is 63.0 Å². The van der Waals surface area contributed by atoms with Crippen molar-refractivity contribution in [2.75, 3.05) is 13.6 Å². The number of aliphatic imine (C=N–C) groups is 1. The van der Waals surface area contributed by atoms with Crippen molar-refractivity contribution in [3.8, 4) is 0 Å². The normalized spacial score (nSPS) is 12.5. The smallest absolute Gasteiger partial charge is 0.120 e. The Hall–Kier alpha value is -0.790. The van der Waals surface area contributed by atoms with Crippen molar-refractivity contribution in [3.63, 3.8) is 0 Å². The molecule has 0 saturated heterocycles. The first-order valence-electron chi connectivity index (χ1n) is 3.68. The predicted molar refractivity (Wildman–Crippen MR) is 46.5 cm³/mol. The van der Waals surface area contributed by atoms with Crippen LogP contribution in [0.5, 0.6) is 0 Å². The topological polar surface area (TPSA) is 24.4 Å². The van der Waals surface area contributed by atoms with Crippen LogP contribution in [0.3, 0.4) is 0 Å². The fourth-order valence-electron chi connectivity index (χ4n) is 0.623. The summed E-state index contributed by atoms with van der Waals surface area (Å²) in [6.45, 7) is 5.12. The van der Waals surface area contributed by atoms with Gasteiger partial charge in [0.25, 0.3) is 0 Å². The van der Waals surface area contributed by atoms with Crippen LogP contribution in [-0.4, -0.2) is 19.4 Å². The maximum atomic E-state index is 4.03. The average Bonchev–Trinajstić information content (AvgIpc) is 1.98. The van der Waals surface area contributed by atoms with E-state index in [1.54, 1.807) is 7.05 Å². The standard InChI is InChI=1S/C8H16N2/c1-4-6-8(9-3)10-7-5-2/h4,6H,5,7H2,1-3H3,(H,9,10). The van der Waals surface area contributed by atoms with E-state index in [1.165, 1.54) is 0 Å². The van der Waals surface area contributed by atoms with Crippen LogP contribution in [0, 0.1) is 0 Å². The van der Waals surface area contributed by atoms with Gasteiger partial charge in [-0.15, -0.1) is 0 Å². The predicted octanol–water partition coefficient (Wildman–Crippen LogP) is 1.59. The number of hydrogen-bond acceptors (Lipinski definition) is 1. The molecule has 0 amide bonds. The molecule has 0 saturated carbocycles. The molecule has 0 aliphatic heterocycles. The maximum Gasteiger partial charge on any atom is 0.120 e. The summed E-state index contributed by atoms with van der Waals surface area (Å²) in [6.07, 6.45) is 5.08. The highest BCUT2D eigenvalue weighted by Gasteiger charge is 1.86. The summed E-state index contributed by atoms with van der Waals surface area (Å²) in [5.74, 6) is 0.962. The van der Waals surface area contributed by atoms with Gasteiger partial charge in [0, 0.05) is 13.6 Å². The van der Waals surface area contributed by atoms with Crippen molar-refractivity contribution in [3.05, 3.63) is 12.2 Å². The van der Waals surface area contributed by atoms with E-state index < -0.39 is 0 Å². The SMILES string of the molecule is CC=CC(=NC)NCCC. The molecule has 0 aromatic carbocycles. The monoisotopic (exact) mass is 140 g/mol. The van der Waals surface area contributed by atoms with Gasteiger partial charge in [-0.25, -0.2) is 0 Å². The number of hydrogen-bond donors (Lipinski definition) is 1. The Balaban J connectivity index is 3.62. The molecule has 0 atom stereocenters. The van der Waals surface area contributed by atoms with Crippen LogP contribution in [0.25, 0.3) is 0 Å². The van der Waals surface area contributed by atoms with Crippen LogP contribution in [0.15, 0.2) is 17.1 Å². The van der Waals surface area contributed by atoms with Crippen molar-refractivity contribution in [1.82, 2.24) is 5.32 Å². The summed E-state index contributed by atoms with van der Waals surface area (Å²) in [5.41, 5.74) is 0. The van der Waals surface area contributed by atoms with Gasteiger partial charge in [-0.3, -0.25) is 4.99 Å². The zero-order valence-corrected chi connectivity index (χ0v) is 7.02. The molecule has 0 fully saturated rings. The molecule has 2 nitrogen and oxygen atoms in total. The van der Waals surface area contributed by atoms with E-state index >= 15 is 0 Å². The van der Waals surface area contributed by atoms with Gasteiger partial charge in [-0.2, -0.15) is 0 Å². The summed E-state index contributed by atoms with van der Waals surface area (Å²) in [4.78, 5) is 4.03. The van der Waals surface area contributed by atoms with Crippen LogP contribution >= 0.6 is 0 Å².